The maximum absolute atomic E-state index is 13.1. The molecular formula is C25H31N5O. The monoisotopic (exact) mass is 417 g/mol. The fourth-order valence-electron chi connectivity index (χ4n) is 5.15. The third-order valence-corrected chi connectivity index (χ3v) is 7.21. The van der Waals surface area contributed by atoms with Crippen LogP contribution in [0, 0.1) is 5.41 Å². The highest BCUT2D eigenvalue weighted by Crippen LogP contribution is 2.64. The minimum atomic E-state index is 0.0961. The van der Waals surface area contributed by atoms with Gasteiger partial charge in [0.15, 0.2) is 5.65 Å². The number of hydrogen-bond donors (Lipinski definition) is 0. The Hall–Kier alpha value is -2.76. The van der Waals surface area contributed by atoms with Crippen LogP contribution in [-0.2, 0) is 16.6 Å². The van der Waals surface area contributed by atoms with Crippen LogP contribution in [0.5, 0.6) is 0 Å². The van der Waals surface area contributed by atoms with E-state index in [0.717, 1.165) is 42.8 Å². The van der Waals surface area contributed by atoms with Crippen molar-refractivity contribution >= 4 is 11.6 Å². The van der Waals surface area contributed by atoms with Crippen molar-refractivity contribution < 1.29 is 4.79 Å². The van der Waals surface area contributed by atoms with Gasteiger partial charge in [0.05, 0.1) is 12.1 Å². The molecule has 6 nitrogen and oxygen atoms in total. The van der Waals surface area contributed by atoms with Crippen LogP contribution in [0.2, 0.25) is 0 Å². The number of rotatable bonds is 3. The Balaban J connectivity index is 1.23. The Morgan fingerprint density at radius 2 is 2.03 bits per heavy atom. The summed E-state index contributed by atoms with van der Waals surface area (Å²) in [4.78, 5) is 15.2. The van der Waals surface area contributed by atoms with E-state index < -0.39 is 0 Å². The van der Waals surface area contributed by atoms with Gasteiger partial charge in [-0.05, 0) is 59.8 Å². The van der Waals surface area contributed by atoms with E-state index in [2.05, 4.69) is 66.2 Å². The molecule has 1 spiro atoms. The van der Waals surface area contributed by atoms with Crippen LogP contribution in [0.1, 0.15) is 69.2 Å². The summed E-state index contributed by atoms with van der Waals surface area (Å²) in [6.07, 6.45) is 6.63. The molecule has 2 aliphatic rings. The summed E-state index contributed by atoms with van der Waals surface area (Å²) in [6, 6.07) is 12.6. The van der Waals surface area contributed by atoms with E-state index in [0.29, 0.717) is 17.8 Å². The molecule has 5 rings (SSSR count). The largest absolute Gasteiger partial charge is 0.342 e. The lowest BCUT2D eigenvalue weighted by molar-refractivity contribution is -0.130. The smallest absolute Gasteiger partial charge is 0.226 e. The van der Waals surface area contributed by atoms with Crippen LogP contribution in [0.3, 0.4) is 0 Å². The minimum absolute atomic E-state index is 0.0961. The van der Waals surface area contributed by atoms with Gasteiger partial charge in [0.25, 0.3) is 0 Å². The molecule has 3 heterocycles. The molecule has 1 aromatic carbocycles. The molecule has 0 bridgehead atoms. The number of carbonyl (C=O) groups is 1. The lowest BCUT2D eigenvalue weighted by atomic mass is 9.86. The first-order valence-electron chi connectivity index (χ1n) is 11.4. The predicted octanol–water partition coefficient (Wildman–Crippen LogP) is 4.15. The predicted molar refractivity (Wildman–Crippen MR) is 120 cm³/mol. The van der Waals surface area contributed by atoms with Crippen LogP contribution in [-0.4, -0.2) is 43.7 Å². The van der Waals surface area contributed by atoms with Crippen molar-refractivity contribution in [3.8, 4) is 0 Å². The number of nitrogens with zero attached hydrogens (tertiary/aromatic N) is 5. The first kappa shape index (κ1) is 20.2. The minimum Gasteiger partial charge on any atom is -0.342 e. The van der Waals surface area contributed by atoms with Gasteiger partial charge in [0.1, 0.15) is 6.33 Å². The van der Waals surface area contributed by atoms with Crippen LogP contribution in [0.4, 0.5) is 0 Å². The van der Waals surface area contributed by atoms with Crippen molar-refractivity contribution in [1.29, 1.82) is 0 Å². The molecule has 162 valence electrons. The molecule has 6 heteroatoms. The lowest BCUT2D eigenvalue weighted by Crippen LogP contribution is -2.33. The maximum Gasteiger partial charge on any atom is 0.226 e. The summed E-state index contributed by atoms with van der Waals surface area (Å²) in [5.74, 6) is 0.738. The summed E-state index contributed by atoms with van der Waals surface area (Å²) in [7, 11) is 0. The second kappa shape index (κ2) is 7.43. The first-order valence-corrected chi connectivity index (χ1v) is 11.4. The Morgan fingerprint density at radius 3 is 2.87 bits per heavy atom. The molecule has 1 aliphatic heterocycles. The third-order valence-electron chi connectivity index (χ3n) is 7.21. The maximum atomic E-state index is 13.1. The van der Waals surface area contributed by atoms with Crippen LogP contribution in [0.25, 0.3) is 5.65 Å². The van der Waals surface area contributed by atoms with Crippen LogP contribution < -0.4 is 0 Å². The Bertz CT molecular complexity index is 1110. The summed E-state index contributed by atoms with van der Waals surface area (Å²) in [6.45, 7) is 8.35. The Kier molecular flexibility index (Phi) is 4.83. The van der Waals surface area contributed by atoms with Gasteiger partial charge >= 0.3 is 0 Å². The molecule has 1 saturated carbocycles. The van der Waals surface area contributed by atoms with Gasteiger partial charge in [-0.25, -0.2) is 4.52 Å². The molecule has 2 fully saturated rings. The highest BCUT2D eigenvalue weighted by molar-refractivity contribution is 5.79. The van der Waals surface area contributed by atoms with E-state index >= 15 is 0 Å². The second-order valence-corrected chi connectivity index (χ2v) is 10.4. The number of aromatic nitrogens is 4. The van der Waals surface area contributed by atoms with E-state index in [1.165, 1.54) is 18.4 Å². The molecular weight excluding hydrogens is 386 g/mol. The SMILES string of the molecule is CC(C)(C)c1cccc(CC(=O)N2CCCC3(CC2)CC3c2ccc3nncn3n2)c1. The molecule has 0 radical (unpaired) electrons. The first-order chi connectivity index (χ1) is 14.8. The third kappa shape index (κ3) is 3.95. The standard InChI is InChI=1S/C25H31N5O/c1-24(2,3)19-7-4-6-18(14-19)15-23(31)29-12-5-10-25(11-13-29)16-20(25)21-8-9-22-27-26-17-30(22)28-21/h4,6-9,14,17,20H,5,10-13,15-16H2,1-3H3. The van der Waals surface area contributed by atoms with Crippen LogP contribution in [0.15, 0.2) is 42.7 Å². The second-order valence-electron chi connectivity index (χ2n) is 10.4. The molecule has 2 aromatic heterocycles. The molecule has 1 saturated heterocycles. The lowest BCUT2D eigenvalue weighted by Gasteiger charge is -2.22. The average Bonchev–Trinajstić information content (AvgIpc) is 3.33. The van der Waals surface area contributed by atoms with Gasteiger partial charge in [-0.3, -0.25) is 4.79 Å². The zero-order valence-electron chi connectivity index (χ0n) is 18.7. The quantitative estimate of drug-likeness (QED) is 0.642. The summed E-state index contributed by atoms with van der Waals surface area (Å²) >= 11 is 0. The Morgan fingerprint density at radius 1 is 1.16 bits per heavy atom. The van der Waals surface area contributed by atoms with Gasteiger partial charge < -0.3 is 4.90 Å². The van der Waals surface area contributed by atoms with E-state index in [4.69, 9.17) is 5.10 Å². The summed E-state index contributed by atoms with van der Waals surface area (Å²) in [5.41, 5.74) is 4.71. The van der Waals surface area contributed by atoms with Crippen molar-refractivity contribution in [2.75, 3.05) is 13.1 Å². The van der Waals surface area contributed by atoms with Gasteiger partial charge in [-0.15, -0.1) is 10.2 Å². The van der Waals surface area contributed by atoms with E-state index in [-0.39, 0.29) is 11.3 Å². The van der Waals surface area contributed by atoms with Crippen molar-refractivity contribution in [1.82, 2.24) is 24.7 Å². The molecule has 1 aliphatic carbocycles. The zero-order chi connectivity index (χ0) is 21.6. The Labute approximate surface area is 183 Å². The fraction of sp³-hybridized carbons (Fsp3) is 0.520. The van der Waals surface area contributed by atoms with Gasteiger partial charge in [-0.1, -0.05) is 45.0 Å². The van der Waals surface area contributed by atoms with Gasteiger partial charge in [-0.2, -0.15) is 5.10 Å². The number of likely N-dealkylation sites (tertiary alicyclic amines) is 1. The molecule has 3 aromatic rings. The van der Waals surface area contributed by atoms with E-state index in [1.807, 2.05) is 6.07 Å². The molecule has 2 atom stereocenters. The molecule has 2 unspecified atom stereocenters. The normalized spacial score (nSPS) is 23.8. The van der Waals surface area contributed by atoms with E-state index in [1.54, 1.807) is 10.8 Å². The summed E-state index contributed by atoms with van der Waals surface area (Å²) < 4.78 is 1.76. The van der Waals surface area contributed by atoms with Crippen molar-refractivity contribution in [3.05, 3.63) is 59.5 Å². The molecule has 0 N–H and O–H groups in total. The fourth-order valence-corrected chi connectivity index (χ4v) is 5.15. The van der Waals surface area contributed by atoms with Crippen molar-refractivity contribution in [2.24, 2.45) is 5.41 Å². The van der Waals surface area contributed by atoms with Crippen molar-refractivity contribution in [3.63, 3.8) is 0 Å². The molecule has 31 heavy (non-hydrogen) atoms. The topological polar surface area (TPSA) is 63.4 Å². The average molecular weight is 418 g/mol. The van der Waals surface area contributed by atoms with E-state index in [9.17, 15) is 4.79 Å². The number of benzene rings is 1. The highest BCUT2D eigenvalue weighted by atomic mass is 16.2. The summed E-state index contributed by atoms with van der Waals surface area (Å²) in [5, 5.41) is 12.7. The number of amides is 1. The number of hydrogen-bond acceptors (Lipinski definition) is 4. The highest BCUT2D eigenvalue weighted by Gasteiger charge is 2.55. The van der Waals surface area contributed by atoms with Crippen molar-refractivity contribution in [2.45, 2.75) is 64.2 Å². The number of carbonyl (C=O) groups excluding carboxylic acids is 1. The van der Waals surface area contributed by atoms with Gasteiger partial charge in [0, 0.05) is 19.0 Å². The zero-order valence-corrected chi connectivity index (χ0v) is 18.7. The van der Waals surface area contributed by atoms with Crippen LogP contribution >= 0.6 is 0 Å². The van der Waals surface area contributed by atoms with Gasteiger partial charge in [0.2, 0.25) is 5.91 Å². The number of fused-ring (bicyclic) bond motifs is 1. The molecule has 1 amide bonds.